The van der Waals surface area contributed by atoms with Crippen LogP contribution in [0.25, 0.3) is 0 Å². The second-order valence-electron chi connectivity index (χ2n) is 4.55. The lowest BCUT2D eigenvalue weighted by Crippen LogP contribution is -2.43. The number of ether oxygens (including phenoxy) is 1. The molecule has 1 rings (SSSR count). The summed E-state index contributed by atoms with van der Waals surface area (Å²) >= 11 is 0. The van der Waals surface area contributed by atoms with E-state index < -0.39 is 0 Å². The van der Waals surface area contributed by atoms with Crippen molar-refractivity contribution in [1.29, 1.82) is 0 Å². The van der Waals surface area contributed by atoms with Crippen LogP contribution in [0.3, 0.4) is 0 Å². The van der Waals surface area contributed by atoms with Gasteiger partial charge in [-0.2, -0.15) is 0 Å². The maximum Gasteiger partial charge on any atom is 0.242 e. The number of carbonyl (C=O) groups excluding carboxylic acids is 2. The van der Waals surface area contributed by atoms with E-state index in [9.17, 15) is 9.59 Å². The number of nitrogens with one attached hydrogen (secondary N) is 1. The van der Waals surface area contributed by atoms with Crippen LogP contribution in [0.1, 0.15) is 6.42 Å². The Kier molecular flexibility index (Phi) is 7.39. The zero-order valence-corrected chi connectivity index (χ0v) is 11.6. The van der Waals surface area contributed by atoms with E-state index in [1.54, 1.807) is 12.0 Å². The Morgan fingerprint density at radius 3 is 2.74 bits per heavy atom. The molecule has 1 aliphatic rings. The van der Waals surface area contributed by atoms with Crippen molar-refractivity contribution in [3.8, 4) is 0 Å². The average molecular weight is 272 g/mol. The molecule has 3 N–H and O–H groups in total. The molecule has 0 spiro atoms. The van der Waals surface area contributed by atoms with Crippen LogP contribution >= 0.6 is 0 Å². The largest absolute Gasteiger partial charge is 0.383 e. The molecule has 0 aromatic rings. The predicted octanol–water partition coefficient (Wildman–Crippen LogP) is -1.76. The highest BCUT2D eigenvalue weighted by Gasteiger charge is 2.18. The van der Waals surface area contributed by atoms with E-state index in [4.69, 9.17) is 10.5 Å². The first-order chi connectivity index (χ1) is 9.17. The first kappa shape index (κ1) is 15.9. The maximum absolute atomic E-state index is 11.9. The third-order valence-electron chi connectivity index (χ3n) is 3.18. The number of nitrogens with zero attached hydrogens (tertiary/aromatic N) is 2. The molecular formula is C12H24N4O3. The van der Waals surface area contributed by atoms with Crippen molar-refractivity contribution in [2.75, 3.05) is 59.5 Å². The molecule has 1 heterocycles. The highest BCUT2D eigenvalue weighted by Crippen LogP contribution is 2.03. The molecule has 2 amide bonds. The summed E-state index contributed by atoms with van der Waals surface area (Å²) in [5, 5.41) is 2.51. The van der Waals surface area contributed by atoms with Gasteiger partial charge < -0.3 is 20.7 Å². The minimum Gasteiger partial charge on any atom is -0.383 e. The van der Waals surface area contributed by atoms with Crippen molar-refractivity contribution < 1.29 is 14.3 Å². The molecule has 0 saturated carbocycles. The number of carbonyl (C=O) groups is 2. The van der Waals surface area contributed by atoms with Crippen LogP contribution in [-0.4, -0.2) is 81.1 Å². The van der Waals surface area contributed by atoms with E-state index in [0.717, 1.165) is 32.6 Å². The average Bonchev–Trinajstić information content (AvgIpc) is 2.67. The Morgan fingerprint density at radius 1 is 1.26 bits per heavy atom. The first-order valence-electron chi connectivity index (χ1n) is 6.63. The molecule has 7 heteroatoms. The molecule has 110 valence electrons. The minimum atomic E-state index is -0.301. The van der Waals surface area contributed by atoms with Gasteiger partial charge in [0.05, 0.1) is 19.7 Å². The van der Waals surface area contributed by atoms with Crippen LogP contribution in [0.5, 0.6) is 0 Å². The summed E-state index contributed by atoms with van der Waals surface area (Å²) in [6, 6.07) is 0. The first-order valence-corrected chi connectivity index (χ1v) is 6.63. The fourth-order valence-electron chi connectivity index (χ4n) is 2.02. The zero-order valence-electron chi connectivity index (χ0n) is 11.6. The normalized spacial score (nSPS) is 17.1. The van der Waals surface area contributed by atoms with Gasteiger partial charge in [-0.15, -0.1) is 0 Å². The second-order valence-corrected chi connectivity index (χ2v) is 4.55. The predicted molar refractivity (Wildman–Crippen MR) is 71.6 cm³/mol. The van der Waals surface area contributed by atoms with Crippen molar-refractivity contribution >= 4 is 11.8 Å². The van der Waals surface area contributed by atoms with Gasteiger partial charge in [0.1, 0.15) is 0 Å². The van der Waals surface area contributed by atoms with Gasteiger partial charge in [-0.25, -0.2) is 0 Å². The SMILES string of the molecule is COCCN1CCCN(C(=O)CNC(=O)CN)CC1. The summed E-state index contributed by atoms with van der Waals surface area (Å²) in [7, 11) is 1.69. The third kappa shape index (κ3) is 6.00. The van der Waals surface area contributed by atoms with E-state index in [2.05, 4.69) is 10.2 Å². The molecular weight excluding hydrogens is 248 g/mol. The van der Waals surface area contributed by atoms with E-state index in [0.29, 0.717) is 13.2 Å². The number of hydrogen-bond acceptors (Lipinski definition) is 5. The molecule has 0 aliphatic carbocycles. The van der Waals surface area contributed by atoms with Gasteiger partial charge in [0, 0.05) is 33.3 Å². The number of hydrogen-bond donors (Lipinski definition) is 2. The Labute approximate surface area is 114 Å². The fourth-order valence-corrected chi connectivity index (χ4v) is 2.02. The lowest BCUT2D eigenvalue weighted by atomic mass is 10.3. The van der Waals surface area contributed by atoms with E-state index in [1.807, 2.05) is 0 Å². The van der Waals surface area contributed by atoms with Crippen LogP contribution in [-0.2, 0) is 14.3 Å². The Balaban J connectivity index is 2.31. The number of methoxy groups -OCH3 is 1. The number of nitrogens with two attached hydrogens (primary N) is 1. The Bertz CT molecular complexity index is 299. The van der Waals surface area contributed by atoms with E-state index in [1.165, 1.54) is 0 Å². The molecule has 0 aromatic carbocycles. The molecule has 7 nitrogen and oxygen atoms in total. The Morgan fingerprint density at radius 2 is 2.05 bits per heavy atom. The fraction of sp³-hybridized carbons (Fsp3) is 0.833. The highest BCUT2D eigenvalue weighted by atomic mass is 16.5. The molecule has 0 radical (unpaired) electrons. The highest BCUT2D eigenvalue weighted by molar-refractivity contribution is 5.85. The van der Waals surface area contributed by atoms with Crippen molar-refractivity contribution in [3.05, 3.63) is 0 Å². The van der Waals surface area contributed by atoms with Gasteiger partial charge in [0.2, 0.25) is 11.8 Å². The molecule has 0 atom stereocenters. The van der Waals surface area contributed by atoms with Gasteiger partial charge in [-0.05, 0) is 13.0 Å². The smallest absolute Gasteiger partial charge is 0.242 e. The van der Waals surface area contributed by atoms with E-state index in [-0.39, 0.29) is 24.9 Å². The maximum atomic E-state index is 11.9. The summed E-state index contributed by atoms with van der Waals surface area (Å²) in [4.78, 5) is 27.0. The molecule has 0 unspecified atom stereocenters. The van der Waals surface area contributed by atoms with Crippen LogP contribution in [0.15, 0.2) is 0 Å². The van der Waals surface area contributed by atoms with Crippen molar-refractivity contribution in [2.45, 2.75) is 6.42 Å². The van der Waals surface area contributed by atoms with Crippen molar-refractivity contribution in [3.63, 3.8) is 0 Å². The monoisotopic (exact) mass is 272 g/mol. The van der Waals surface area contributed by atoms with Gasteiger partial charge in [0.25, 0.3) is 0 Å². The lowest BCUT2D eigenvalue weighted by Gasteiger charge is -2.21. The third-order valence-corrected chi connectivity index (χ3v) is 3.18. The molecule has 1 saturated heterocycles. The Hall–Kier alpha value is -1.18. The van der Waals surface area contributed by atoms with Crippen LogP contribution in [0.2, 0.25) is 0 Å². The zero-order chi connectivity index (χ0) is 14.1. The summed E-state index contributed by atoms with van der Waals surface area (Å²) in [5.74, 6) is -0.347. The van der Waals surface area contributed by atoms with Crippen LogP contribution in [0.4, 0.5) is 0 Å². The topological polar surface area (TPSA) is 87.9 Å². The lowest BCUT2D eigenvalue weighted by molar-refractivity contribution is -0.132. The quantitative estimate of drug-likeness (QED) is 0.598. The summed E-state index contributed by atoms with van der Waals surface area (Å²) in [5.41, 5.74) is 5.17. The molecule has 1 fully saturated rings. The second kappa shape index (κ2) is 8.84. The van der Waals surface area contributed by atoms with Crippen LogP contribution < -0.4 is 11.1 Å². The van der Waals surface area contributed by atoms with Gasteiger partial charge in [-0.3, -0.25) is 14.5 Å². The number of rotatable bonds is 6. The summed E-state index contributed by atoms with van der Waals surface area (Å²) in [6.07, 6.45) is 0.945. The number of amides is 2. The molecule has 19 heavy (non-hydrogen) atoms. The van der Waals surface area contributed by atoms with Crippen molar-refractivity contribution in [2.24, 2.45) is 5.73 Å². The van der Waals surface area contributed by atoms with Crippen LogP contribution in [0, 0.1) is 0 Å². The van der Waals surface area contributed by atoms with Gasteiger partial charge in [0.15, 0.2) is 0 Å². The standard InChI is InChI=1S/C12H24N4O3/c1-19-8-7-15-3-2-4-16(6-5-15)12(18)10-14-11(17)9-13/h2-10,13H2,1H3,(H,14,17). The van der Waals surface area contributed by atoms with Crippen molar-refractivity contribution in [1.82, 2.24) is 15.1 Å². The molecule has 0 aromatic heterocycles. The molecule has 0 bridgehead atoms. The van der Waals surface area contributed by atoms with Gasteiger partial charge >= 0.3 is 0 Å². The minimum absolute atomic E-state index is 0.0358. The summed E-state index contributed by atoms with van der Waals surface area (Å²) in [6.45, 7) is 4.80. The summed E-state index contributed by atoms with van der Waals surface area (Å²) < 4.78 is 5.06. The molecule has 1 aliphatic heterocycles. The van der Waals surface area contributed by atoms with E-state index >= 15 is 0 Å². The van der Waals surface area contributed by atoms with Gasteiger partial charge in [-0.1, -0.05) is 0 Å².